The molecule has 1 fully saturated rings. The van der Waals surface area contributed by atoms with Crippen molar-refractivity contribution < 1.29 is 19.1 Å². The Morgan fingerprint density at radius 1 is 1.15 bits per heavy atom. The van der Waals surface area contributed by atoms with Crippen LogP contribution in [0.25, 0.3) is 0 Å². The molecule has 0 bridgehead atoms. The minimum atomic E-state index is -1.18. The fourth-order valence-corrected chi connectivity index (χ4v) is 4.65. The fraction of sp³-hybridized carbons (Fsp3) is 0.448. The van der Waals surface area contributed by atoms with E-state index in [1.807, 2.05) is 53.5 Å². The van der Waals surface area contributed by atoms with Crippen molar-refractivity contribution in [1.29, 1.82) is 0 Å². The van der Waals surface area contributed by atoms with Gasteiger partial charge in [0.2, 0.25) is 11.8 Å². The number of anilines is 1. The van der Waals surface area contributed by atoms with E-state index in [1.54, 1.807) is 30.9 Å². The van der Waals surface area contributed by atoms with E-state index < -0.39 is 29.4 Å². The molecular weight excluding hydrogens is 496 g/mol. The van der Waals surface area contributed by atoms with Crippen molar-refractivity contribution in [3.63, 3.8) is 0 Å². The molecule has 2 aliphatic rings. The summed E-state index contributed by atoms with van der Waals surface area (Å²) >= 11 is 0. The first kappa shape index (κ1) is 28.3. The topological polar surface area (TPSA) is 132 Å². The number of amides is 3. The first-order chi connectivity index (χ1) is 18.7. The largest absolute Gasteiger partial charge is 0.374 e. The molecule has 4 N–H and O–H groups in total. The second-order valence-corrected chi connectivity index (χ2v) is 10.6. The summed E-state index contributed by atoms with van der Waals surface area (Å²) in [5, 5.41) is 5.46. The number of likely N-dealkylation sites (tertiary alicyclic amines) is 1. The SMILES string of the molecule is CC(C)(N)C(=O)N[C@H](COCc1ccccc1)C(=O)Nc1cn(C(C(=O)N2CCCC2)C2C=CC=CC2)cn1. The van der Waals surface area contributed by atoms with Crippen LogP contribution in [0.3, 0.4) is 0 Å². The molecule has 1 aromatic carbocycles. The average Bonchev–Trinajstić information content (AvgIpc) is 3.62. The van der Waals surface area contributed by atoms with Gasteiger partial charge < -0.3 is 30.6 Å². The highest BCUT2D eigenvalue weighted by atomic mass is 16.5. The number of carbonyl (C=O) groups is 3. The van der Waals surface area contributed by atoms with Crippen LogP contribution in [0.1, 0.15) is 44.7 Å². The number of hydrogen-bond acceptors (Lipinski definition) is 6. The first-order valence-electron chi connectivity index (χ1n) is 13.4. The molecule has 10 heteroatoms. The van der Waals surface area contributed by atoms with Crippen molar-refractivity contribution in [1.82, 2.24) is 19.8 Å². The van der Waals surface area contributed by atoms with Gasteiger partial charge in [-0.2, -0.15) is 0 Å². The van der Waals surface area contributed by atoms with Crippen LogP contribution in [0.15, 0.2) is 67.2 Å². The number of aromatic nitrogens is 2. The lowest BCUT2D eigenvalue weighted by Crippen LogP contribution is -2.56. The van der Waals surface area contributed by atoms with Crippen molar-refractivity contribution in [3.8, 4) is 0 Å². The first-order valence-corrected chi connectivity index (χ1v) is 13.4. The zero-order valence-corrected chi connectivity index (χ0v) is 22.6. The summed E-state index contributed by atoms with van der Waals surface area (Å²) in [6.45, 7) is 4.86. The minimum absolute atomic E-state index is 0.0222. The predicted octanol–water partition coefficient (Wildman–Crippen LogP) is 2.56. The van der Waals surface area contributed by atoms with Crippen molar-refractivity contribution >= 4 is 23.5 Å². The lowest BCUT2D eigenvalue weighted by Gasteiger charge is -2.29. The molecule has 0 saturated carbocycles. The molecule has 1 aliphatic heterocycles. The third-order valence-corrected chi connectivity index (χ3v) is 6.87. The van der Waals surface area contributed by atoms with Gasteiger partial charge in [0.1, 0.15) is 12.1 Å². The number of nitrogens with zero attached hydrogens (tertiary/aromatic N) is 3. The third-order valence-electron chi connectivity index (χ3n) is 6.87. The molecule has 1 aliphatic carbocycles. The molecule has 0 spiro atoms. The van der Waals surface area contributed by atoms with Crippen LogP contribution in [0.5, 0.6) is 0 Å². The van der Waals surface area contributed by atoms with Crippen molar-refractivity contribution in [2.75, 3.05) is 25.0 Å². The van der Waals surface area contributed by atoms with E-state index >= 15 is 0 Å². The summed E-state index contributed by atoms with van der Waals surface area (Å²) in [6.07, 6.45) is 14.0. The molecule has 39 heavy (non-hydrogen) atoms. The molecule has 3 amide bonds. The molecule has 1 aromatic heterocycles. The number of allylic oxidation sites excluding steroid dienone is 4. The Kier molecular flexibility index (Phi) is 9.32. The lowest BCUT2D eigenvalue weighted by molar-refractivity contribution is -0.134. The molecule has 2 unspecified atom stereocenters. The number of benzene rings is 1. The number of hydrogen-bond donors (Lipinski definition) is 3. The van der Waals surface area contributed by atoms with E-state index in [-0.39, 0.29) is 30.9 Å². The Hall–Kier alpha value is -3.76. The van der Waals surface area contributed by atoms with Crippen LogP contribution in [0, 0.1) is 5.92 Å². The van der Waals surface area contributed by atoms with Gasteiger partial charge in [0, 0.05) is 25.2 Å². The summed E-state index contributed by atoms with van der Waals surface area (Å²) in [7, 11) is 0. The summed E-state index contributed by atoms with van der Waals surface area (Å²) in [5.41, 5.74) is 5.71. The maximum absolute atomic E-state index is 13.5. The zero-order chi connectivity index (χ0) is 27.8. The second kappa shape index (κ2) is 12.9. The third kappa shape index (κ3) is 7.64. The summed E-state index contributed by atoms with van der Waals surface area (Å²) in [6, 6.07) is 8.08. The summed E-state index contributed by atoms with van der Waals surface area (Å²) in [5.74, 6) is -0.661. The maximum atomic E-state index is 13.5. The average molecular weight is 535 g/mol. The second-order valence-electron chi connectivity index (χ2n) is 10.6. The highest BCUT2D eigenvalue weighted by Crippen LogP contribution is 2.30. The molecule has 10 nitrogen and oxygen atoms in total. The van der Waals surface area contributed by atoms with Gasteiger partial charge in [-0.15, -0.1) is 0 Å². The minimum Gasteiger partial charge on any atom is -0.374 e. The van der Waals surface area contributed by atoms with Gasteiger partial charge in [-0.3, -0.25) is 14.4 Å². The Balaban J connectivity index is 1.46. The van der Waals surface area contributed by atoms with Gasteiger partial charge in [0.15, 0.2) is 5.82 Å². The predicted molar refractivity (Wildman–Crippen MR) is 148 cm³/mol. The van der Waals surface area contributed by atoms with Gasteiger partial charge in [0.05, 0.1) is 25.1 Å². The molecule has 1 saturated heterocycles. The van der Waals surface area contributed by atoms with Crippen LogP contribution in [0.2, 0.25) is 0 Å². The van der Waals surface area contributed by atoms with E-state index in [4.69, 9.17) is 10.5 Å². The fourth-order valence-electron chi connectivity index (χ4n) is 4.65. The van der Waals surface area contributed by atoms with Crippen LogP contribution >= 0.6 is 0 Å². The van der Waals surface area contributed by atoms with Gasteiger partial charge >= 0.3 is 0 Å². The Labute approximate surface area is 229 Å². The highest BCUT2D eigenvalue weighted by molar-refractivity contribution is 5.98. The Morgan fingerprint density at radius 2 is 1.90 bits per heavy atom. The lowest BCUT2D eigenvalue weighted by atomic mass is 9.91. The highest BCUT2D eigenvalue weighted by Gasteiger charge is 2.34. The Morgan fingerprint density at radius 3 is 2.56 bits per heavy atom. The molecule has 2 aromatic rings. The van der Waals surface area contributed by atoms with Crippen molar-refractivity contribution in [3.05, 3.63) is 72.7 Å². The van der Waals surface area contributed by atoms with Crippen LogP contribution in [-0.4, -0.2) is 63.4 Å². The monoisotopic (exact) mass is 534 g/mol. The van der Waals surface area contributed by atoms with Crippen LogP contribution in [-0.2, 0) is 25.7 Å². The van der Waals surface area contributed by atoms with Gasteiger partial charge in [-0.25, -0.2) is 4.98 Å². The number of carbonyl (C=O) groups excluding carboxylic acids is 3. The van der Waals surface area contributed by atoms with E-state index in [9.17, 15) is 14.4 Å². The standard InChI is InChI=1S/C29H38N6O4/c1-29(2,30)28(38)32-23(19-39-18-21-11-5-3-6-12-21)26(36)33-24-17-35(20-31-24)25(22-13-7-4-8-14-22)27(37)34-15-9-10-16-34/h3-8,11-13,17,20,22-23,25H,9-10,14-16,18-19,30H2,1-2H3,(H,32,38)(H,33,36)/t22?,23-,25?/m1/s1. The molecule has 3 atom stereocenters. The molecule has 0 radical (unpaired) electrons. The van der Waals surface area contributed by atoms with Crippen LogP contribution < -0.4 is 16.4 Å². The molecular formula is C29H38N6O4. The number of rotatable bonds is 11. The normalized spacial score (nSPS) is 18.5. The molecule has 4 rings (SSSR count). The summed E-state index contributed by atoms with van der Waals surface area (Å²) < 4.78 is 7.53. The van der Waals surface area contributed by atoms with Gasteiger partial charge in [-0.05, 0) is 38.7 Å². The van der Waals surface area contributed by atoms with Gasteiger partial charge in [0.25, 0.3) is 5.91 Å². The number of nitrogens with one attached hydrogen (secondary N) is 2. The molecule has 208 valence electrons. The number of imidazole rings is 1. The molecule has 2 heterocycles. The quantitative estimate of drug-likeness (QED) is 0.406. The van der Waals surface area contributed by atoms with Crippen molar-refractivity contribution in [2.45, 2.75) is 57.3 Å². The van der Waals surface area contributed by atoms with E-state index in [2.05, 4.69) is 21.7 Å². The number of nitrogens with two attached hydrogens (primary N) is 1. The van der Waals surface area contributed by atoms with E-state index in [1.165, 1.54) is 0 Å². The Bertz CT molecular complexity index is 1190. The van der Waals surface area contributed by atoms with Gasteiger partial charge in [-0.1, -0.05) is 54.6 Å². The number of ether oxygens (including phenoxy) is 1. The van der Waals surface area contributed by atoms with Crippen LogP contribution in [0.4, 0.5) is 5.82 Å². The van der Waals surface area contributed by atoms with E-state index in [0.717, 1.165) is 37.9 Å². The smallest absolute Gasteiger partial charge is 0.250 e. The zero-order valence-electron chi connectivity index (χ0n) is 22.6. The summed E-state index contributed by atoms with van der Waals surface area (Å²) in [4.78, 5) is 45.6. The maximum Gasteiger partial charge on any atom is 0.250 e. The van der Waals surface area contributed by atoms with Crippen molar-refractivity contribution in [2.24, 2.45) is 11.7 Å². The van der Waals surface area contributed by atoms with E-state index in [0.29, 0.717) is 0 Å².